The van der Waals surface area contributed by atoms with Crippen LogP contribution in [0.5, 0.6) is 0 Å². The maximum atomic E-state index is 7.55. The number of furan rings is 4. The van der Waals surface area contributed by atoms with E-state index in [1.807, 2.05) is 56.3 Å². The number of hydrogen-bond donors (Lipinski definition) is 0. The maximum Gasteiger partial charge on any atom is 0.232 e. The highest BCUT2D eigenvalue weighted by atomic mass is 16.3. The van der Waals surface area contributed by atoms with Crippen molar-refractivity contribution >= 4 is 111 Å². The van der Waals surface area contributed by atoms with Crippen molar-refractivity contribution in [3.05, 3.63) is 281 Å². The third kappa shape index (κ3) is 11.9. The molecule has 0 unspecified atom stereocenters. The van der Waals surface area contributed by atoms with Gasteiger partial charge in [0, 0.05) is 119 Å². The number of aryl methyl sites for hydroxylation is 16. The molecule has 0 fully saturated rings. The molecule has 0 atom stereocenters. The molecule has 16 rings (SSSR count). The molecule has 104 heavy (non-hydrogen) atoms. The SMILES string of the molecule is [C-]#[N+]c1c(C)ccc2c1oc1c(-c3cc(C)cc(C)[n+]3C)c(C)ccc12.[C-]#[N+]c1cc(C)cc2c1oc1c(-c3cc(C)cc(C)[n+]3C)c(C)ccc12.[C-]#[N+]c1ccc(C)c2c1oc1c(-c3cc(C)cc(C)[n+]3C)c(C)ccc12.[C-]#[N+]c1cccc2c1oc1c(-c3cc(C)cc(C)[n+]3C)c(C)cc(C)c12. The predicted octanol–water partition coefficient (Wildman–Crippen LogP) is 23.4. The lowest BCUT2D eigenvalue weighted by molar-refractivity contribution is -0.666. The van der Waals surface area contributed by atoms with Crippen molar-refractivity contribution in [1.82, 2.24) is 0 Å². The van der Waals surface area contributed by atoms with Crippen molar-refractivity contribution in [3.63, 3.8) is 0 Å². The summed E-state index contributed by atoms with van der Waals surface area (Å²) in [7, 11) is 8.34. The third-order valence-electron chi connectivity index (χ3n) is 20.9. The Morgan fingerprint density at radius 1 is 0.250 bits per heavy atom. The number of pyridine rings is 4. The van der Waals surface area contributed by atoms with Gasteiger partial charge in [-0.2, -0.15) is 18.3 Å². The molecule has 0 aliphatic rings. The summed E-state index contributed by atoms with van der Waals surface area (Å²) in [5, 5.41) is 8.37. The highest BCUT2D eigenvalue weighted by Gasteiger charge is 2.29. The van der Waals surface area contributed by atoms with Crippen molar-refractivity contribution in [2.24, 2.45) is 28.2 Å². The first kappa shape index (κ1) is 70.0. The van der Waals surface area contributed by atoms with Crippen LogP contribution < -0.4 is 18.3 Å². The number of aromatic nitrogens is 4. The van der Waals surface area contributed by atoms with Gasteiger partial charge in [0.2, 0.25) is 45.5 Å². The van der Waals surface area contributed by atoms with Gasteiger partial charge < -0.3 is 17.7 Å². The maximum absolute atomic E-state index is 7.55. The summed E-state index contributed by atoms with van der Waals surface area (Å²) in [6.07, 6.45) is 0. The van der Waals surface area contributed by atoms with E-state index in [1.54, 1.807) is 0 Å². The van der Waals surface area contributed by atoms with Crippen LogP contribution >= 0.6 is 0 Å². The second kappa shape index (κ2) is 27.1. The minimum atomic E-state index is 0.562. The number of nitrogens with zero attached hydrogens (tertiary/aromatic N) is 8. The molecule has 0 radical (unpaired) electrons. The Labute approximate surface area is 607 Å². The van der Waals surface area contributed by atoms with E-state index in [-0.39, 0.29) is 0 Å². The first-order chi connectivity index (χ1) is 49.7. The molecule has 0 saturated carbocycles. The standard InChI is InChI=1S/4C23H21N2O/c1-13-11-16(4)25(6)19(12-13)21-15(3)7-9-17-20-14(2)8-10-18(24-5)23(20)26-22(17)21;1-13-11-16(4)25(6)19(12-13)20-14(2)7-9-17-18-10-8-15(3)21(24-5)23(18)26-22(17)20;1-13-9-16(4)25(6)20(12-13)21-15(3)7-8-17-18-10-14(2)11-19(24-5)22(18)26-23(17)21;1-13-10-16(4)25(6)19(11-13)21-15(3)12-14(2)20-17-8-7-9-18(24-5)22(17)26-23(20)21/h4*7-12H,1-4,6H3/q4*+1. The van der Waals surface area contributed by atoms with Crippen molar-refractivity contribution in [2.75, 3.05) is 0 Å². The Bertz CT molecular complexity index is 6460. The first-order valence-corrected chi connectivity index (χ1v) is 34.9. The molecular weight excluding hydrogens is 1280 g/mol. The van der Waals surface area contributed by atoms with E-state index < -0.39 is 0 Å². The third-order valence-corrected chi connectivity index (χ3v) is 20.9. The average molecular weight is 1370 g/mol. The minimum Gasteiger partial charge on any atom is -0.466 e. The van der Waals surface area contributed by atoms with Gasteiger partial charge in [0.25, 0.3) is 0 Å². The smallest absolute Gasteiger partial charge is 0.232 e. The van der Waals surface area contributed by atoms with E-state index in [9.17, 15) is 0 Å². The summed E-state index contributed by atoms with van der Waals surface area (Å²) >= 11 is 0. The van der Waals surface area contributed by atoms with Gasteiger partial charge in [-0.15, -0.1) is 0 Å². The van der Waals surface area contributed by atoms with Crippen LogP contribution in [0, 0.1) is 137 Å². The molecule has 12 nitrogen and oxygen atoms in total. The minimum absolute atomic E-state index is 0.562. The van der Waals surface area contributed by atoms with Crippen LogP contribution in [0.15, 0.2) is 163 Å². The largest absolute Gasteiger partial charge is 0.466 e. The van der Waals surface area contributed by atoms with E-state index in [4.69, 9.17) is 44.0 Å². The molecule has 0 bridgehead atoms. The van der Waals surface area contributed by atoms with Gasteiger partial charge in [-0.1, -0.05) is 96.6 Å². The second-order valence-electron chi connectivity index (χ2n) is 28.3. The van der Waals surface area contributed by atoms with Gasteiger partial charge in [-0.05, 0) is 150 Å². The molecule has 8 heterocycles. The van der Waals surface area contributed by atoms with Crippen LogP contribution in [0.3, 0.4) is 0 Å². The Morgan fingerprint density at radius 3 is 1.07 bits per heavy atom. The van der Waals surface area contributed by atoms with E-state index in [0.29, 0.717) is 45.1 Å². The lowest BCUT2D eigenvalue weighted by atomic mass is 9.96. The highest BCUT2D eigenvalue weighted by molar-refractivity contribution is 6.17. The molecular formula is C92H84N8O4+4. The number of benzene rings is 8. The molecule has 0 saturated heterocycles. The van der Waals surface area contributed by atoms with Crippen molar-refractivity contribution in [3.8, 4) is 45.0 Å². The lowest BCUT2D eigenvalue weighted by Gasteiger charge is -2.10. The molecule has 8 aromatic carbocycles. The quantitative estimate of drug-likeness (QED) is 0.130. The molecule has 0 aliphatic heterocycles. The number of rotatable bonds is 4. The van der Waals surface area contributed by atoms with E-state index in [0.717, 1.165) is 127 Å². The predicted molar refractivity (Wildman–Crippen MR) is 422 cm³/mol. The summed E-state index contributed by atoms with van der Waals surface area (Å²) in [6.45, 7) is 63.6. The lowest BCUT2D eigenvalue weighted by Crippen LogP contribution is -2.35. The zero-order valence-electron chi connectivity index (χ0n) is 63.1. The molecule has 12 heteroatoms. The Morgan fingerprint density at radius 2 is 0.596 bits per heavy atom. The van der Waals surface area contributed by atoms with Crippen LogP contribution in [0.1, 0.15) is 89.5 Å². The first-order valence-electron chi connectivity index (χ1n) is 34.9. The number of para-hydroxylation sites is 1. The van der Waals surface area contributed by atoms with Crippen LogP contribution in [-0.2, 0) is 28.2 Å². The fourth-order valence-corrected chi connectivity index (χ4v) is 15.3. The summed E-state index contributed by atoms with van der Waals surface area (Å²) in [5.41, 5.74) is 36.1. The number of hydrogen-bond acceptors (Lipinski definition) is 4. The van der Waals surface area contributed by atoms with Gasteiger partial charge in [0.05, 0.1) is 48.5 Å². The van der Waals surface area contributed by atoms with E-state index in [2.05, 4.69) is 266 Å². The number of fused-ring (bicyclic) bond motifs is 12. The van der Waals surface area contributed by atoms with E-state index in [1.165, 1.54) is 72.8 Å². The van der Waals surface area contributed by atoms with Gasteiger partial charge in [0.15, 0.2) is 22.8 Å². The topological polar surface area (TPSA) is 85.5 Å². The van der Waals surface area contributed by atoms with Crippen LogP contribution in [0.2, 0.25) is 0 Å². The summed E-state index contributed by atoms with van der Waals surface area (Å²) in [4.78, 5) is 14.7. The molecule has 0 spiro atoms. The average Bonchev–Trinajstić information content (AvgIpc) is 1.58. The summed E-state index contributed by atoms with van der Waals surface area (Å²) < 4.78 is 34.1. The molecule has 8 aromatic heterocycles. The monoisotopic (exact) mass is 1360 g/mol. The zero-order chi connectivity index (χ0) is 74.3. The van der Waals surface area contributed by atoms with E-state index >= 15 is 0 Å². The summed E-state index contributed by atoms with van der Waals surface area (Å²) in [6, 6.07) is 50.2. The Kier molecular flexibility index (Phi) is 18.3. The fraction of sp³-hybridized carbons (Fsp3) is 0.217. The fourth-order valence-electron chi connectivity index (χ4n) is 15.3. The molecule has 0 N–H and O–H groups in total. The Balaban J connectivity index is 0.000000123. The van der Waals surface area contributed by atoms with Crippen molar-refractivity contribution in [1.29, 1.82) is 0 Å². The second-order valence-corrected chi connectivity index (χ2v) is 28.3. The van der Waals surface area contributed by atoms with Gasteiger partial charge in [0.1, 0.15) is 72.9 Å². The van der Waals surface area contributed by atoms with Crippen LogP contribution in [-0.4, -0.2) is 0 Å². The van der Waals surface area contributed by atoms with Gasteiger partial charge in [-0.3, -0.25) is 0 Å². The highest BCUT2D eigenvalue weighted by Crippen LogP contribution is 2.47. The van der Waals surface area contributed by atoms with Crippen LogP contribution in [0.25, 0.3) is 152 Å². The van der Waals surface area contributed by atoms with Gasteiger partial charge in [-0.25, -0.2) is 19.4 Å². The molecule has 512 valence electrons. The van der Waals surface area contributed by atoms with Crippen molar-refractivity contribution < 1.29 is 35.9 Å². The van der Waals surface area contributed by atoms with Crippen molar-refractivity contribution in [2.45, 2.75) is 111 Å². The normalized spacial score (nSPS) is 11.2. The molecule has 0 amide bonds. The van der Waals surface area contributed by atoms with Crippen LogP contribution in [0.4, 0.5) is 22.7 Å². The molecule has 16 aromatic rings. The zero-order valence-corrected chi connectivity index (χ0v) is 63.1. The van der Waals surface area contributed by atoms with Gasteiger partial charge >= 0.3 is 0 Å². The molecule has 0 aliphatic carbocycles. The summed E-state index contributed by atoms with van der Waals surface area (Å²) in [5.74, 6) is 0. The Hall–Kier alpha value is -12.5.